The quantitative estimate of drug-likeness (QED) is 0.883. The highest BCUT2D eigenvalue weighted by Crippen LogP contribution is 2.25. The highest BCUT2D eigenvalue weighted by Gasteiger charge is 2.11. The van der Waals surface area contributed by atoms with Crippen molar-refractivity contribution in [2.24, 2.45) is 0 Å². The number of hydrogen-bond acceptors (Lipinski definition) is 2. The number of benzene rings is 1. The van der Waals surface area contributed by atoms with Crippen LogP contribution in [0.2, 0.25) is 0 Å². The van der Waals surface area contributed by atoms with Crippen LogP contribution < -0.4 is 5.43 Å². The average molecular weight is 259 g/mol. The molecule has 0 aliphatic rings. The van der Waals surface area contributed by atoms with Crippen LogP contribution in [0.4, 0.5) is 0 Å². The van der Waals surface area contributed by atoms with Crippen molar-refractivity contribution in [3.8, 4) is 5.75 Å². The number of aryl methyl sites for hydroxylation is 2. The minimum atomic E-state index is 0.0328. The van der Waals surface area contributed by atoms with Crippen LogP contribution in [-0.2, 0) is 12.8 Å². The minimum Gasteiger partial charge on any atom is -0.506 e. The van der Waals surface area contributed by atoms with Crippen LogP contribution in [0, 0.1) is 6.92 Å². The van der Waals surface area contributed by atoms with Gasteiger partial charge in [-0.25, -0.2) is 0 Å². The maximum Gasteiger partial charge on any atom is 0.192 e. The predicted octanol–water partition coefficient (Wildman–Crippen LogP) is 3.45. The van der Waals surface area contributed by atoms with Crippen LogP contribution in [0.1, 0.15) is 43.5 Å². The summed E-state index contributed by atoms with van der Waals surface area (Å²) in [5.74, 6) is 0.176. The van der Waals surface area contributed by atoms with Crippen molar-refractivity contribution < 1.29 is 5.11 Å². The molecule has 1 heterocycles. The number of phenolic OH excluding ortho intramolecular Hbond substituents is 1. The fourth-order valence-corrected chi connectivity index (χ4v) is 2.51. The Hall–Kier alpha value is -1.77. The van der Waals surface area contributed by atoms with Crippen molar-refractivity contribution in [1.29, 1.82) is 0 Å². The summed E-state index contributed by atoms with van der Waals surface area (Å²) in [4.78, 5) is 15.6. The van der Waals surface area contributed by atoms with Gasteiger partial charge in [-0.1, -0.05) is 26.7 Å². The molecule has 0 fully saturated rings. The monoisotopic (exact) mass is 259 g/mol. The Morgan fingerprint density at radius 2 is 1.84 bits per heavy atom. The summed E-state index contributed by atoms with van der Waals surface area (Å²) in [7, 11) is 0. The van der Waals surface area contributed by atoms with E-state index in [1.54, 1.807) is 6.07 Å². The molecule has 0 bridgehead atoms. The lowest BCUT2D eigenvalue weighted by Gasteiger charge is -2.10. The number of pyridine rings is 1. The topological polar surface area (TPSA) is 53.1 Å². The molecule has 2 rings (SSSR count). The van der Waals surface area contributed by atoms with Crippen molar-refractivity contribution in [2.75, 3.05) is 0 Å². The third kappa shape index (κ3) is 2.50. The number of phenols is 1. The second-order valence-electron chi connectivity index (χ2n) is 5.10. The highest BCUT2D eigenvalue weighted by molar-refractivity contribution is 5.85. The number of aromatic amines is 1. The molecule has 1 aromatic carbocycles. The van der Waals surface area contributed by atoms with Gasteiger partial charge in [0.1, 0.15) is 5.75 Å². The van der Waals surface area contributed by atoms with Gasteiger partial charge in [-0.3, -0.25) is 4.79 Å². The Labute approximate surface area is 113 Å². The summed E-state index contributed by atoms with van der Waals surface area (Å²) in [6, 6.07) is 3.66. The van der Waals surface area contributed by atoms with Crippen LogP contribution in [-0.4, -0.2) is 10.1 Å². The van der Waals surface area contributed by atoms with Crippen LogP contribution in [0.15, 0.2) is 16.9 Å². The van der Waals surface area contributed by atoms with E-state index < -0.39 is 0 Å². The average Bonchev–Trinajstić information content (AvgIpc) is 2.37. The van der Waals surface area contributed by atoms with Crippen LogP contribution in [0.25, 0.3) is 10.9 Å². The first-order valence-corrected chi connectivity index (χ1v) is 6.95. The zero-order valence-corrected chi connectivity index (χ0v) is 11.8. The Morgan fingerprint density at radius 1 is 1.16 bits per heavy atom. The maximum absolute atomic E-state index is 12.4. The maximum atomic E-state index is 12.4. The fourth-order valence-electron chi connectivity index (χ4n) is 2.51. The third-order valence-electron chi connectivity index (χ3n) is 3.53. The molecule has 2 aromatic rings. The normalized spacial score (nSPS) is 11.1. The Kier molecular flexibility index (Phi) is 3.93. The van der Waals surface area contributed by atoms with Crippen molar-refractivity contribution in [2.45, 2.75) is 46.5 Å². The molecule has 0 aliphatic carbocycles. The lowest BCUT2D eigenvalue weighted by molar-refractivity contribution is 0.479. The van der Waals surface area contributed by atoms with Crippen LogP contribution >= 0.6 is 0 Å². The standard InChI is InChI=1S/C16H21NO2/c1-4-6-11-8-12-15(14(18)9-11)17-13(7-5-2)10(3)16(12)19/h8-9,18H,4-7H2,1-3H3,(H,17,19). The van der Waals surface area contributed by atoms with Crippen molar-refractivity contribution in [1.82, 2.24) is 4.98 Å². The second kappa shape index (κ2) is 5.47. The number of nitrogens with one attached hydrogen (secondary N) is 1. The number of H-pyrrole nitrogens is 1. The van der Waals surface area contributed by atoms with Crippen molar-refractivity contribution in [3.05, 3.63) is 39.2 Å². The molecule has 0 saturated carbocycles. The number of aromatic nitrogens is 1. The van der Waals surface area contributed by atoms with Gasteiger partial charge in [0.2, 0.25) is 0 Å². The summed E-state index contributed by atoms with van der Waals surface area (Å²) in [6.07, 6.45) is 3.67. The van der Waals surface area contributed by atoms with E-state index in [0.717, 1.165) is 42.5 Å². The van der Waals surface area contributed by atoms with E-state index in [0.29, 0.717) is 10.9 Å². The lowest BCUT2D eigenvalue weighted by atomic mass is 10.0. The van der Waals surface area contributed by atoms with Crippen LogP contribution in [0.3, 0.4) is 0 Å². The molecule has 0 saturated heterocycles. The fraction of sp³-hybridized carbons (Fsp3) is 0.438. The molecule has 0 radical (unpaired) electrons. The second-order valence-corrected chi connectivity index (χ2v) is 5.10. The van der Waals surface area contributed by atoms with Gasteiger partial charge >= 0.3 is 0 Å². The van der Waals surface area contributed by atoms with Gasteiger partial charge < -0.3 is 10.1 Å². The largest absolute Gasteiger partial charge is 0.506 e. The van der Waals surface area contributed by atoms with E-state index in [1.807, 2.05) is 13.0 Å². The number of rotatable bonds is 4. The first kappa shape index (κ1) is 13.7. The Bertz CT molecular complexity index is 656. The molecular formula is C16H21NO2. The van der Waals surface area contributed by atoms with Crippen molar-refractivity contribution >= 4 is 10.9 Å². The summed E-state index contributed by atoms with van der Waals surface area (Å²) >= 11 is 0. The lowest BCUT2D eigenvalue weighted by Crippen LogP contribution is -2.12. The molecular weight excluding hydrogens is 238 g/mol. The predicted molar refractivity (Wildman–Crippen MR) is 79.0 cm³/mol. The van der Waals surface area contributed by atoms with Gasteiger partial charge in [-0.15, -0.1) is 0 Å². The number of hydrogen-bond donors (Lipinski definition) is 2. The third-order valence-corrected chi connectivity index (χ3v) is 3.53. The van der Waals surface area contributed by atoms with Gasteiger partial charge in [0.25, 0.3) is 0 Å². The molecule has 19 heavy (non-hydrogen) atoms. The molecule has 2 N–H and O–H groups in total. The SMILES string of the molecule is CCCc1cc(O)c2[nH]c(CCC)c(C)c(=O)c2c1. The highest BCUT2D eigenvalue weighted by atomic mass is 16.3. The molecule has 0 amide bonds. The smallest absolute Gasteiger partial charge is 0.192 e. The zero-order valence-electron chi connectivity index (χ0n) is 11.8. The van der Waals surface area contributed by atoms with E-state index in [4.69, 9.17) is 0 Å². The zero-order chi connectivity index (χ0) is 14.0. The molecule has 0 unspecified atom stereocenters. The Balaban J connectivity index is 2.73. The number of fused-ring (bicyclic) bond motifs is 1. The van der Waals surface area contributed by atoms with Gasteiger partial charge in [0.05, 0.1) is 5.52 Å². The van der Waals surface area contributed by atoms with E-state index in [9.17, 15) is 9.90 Å². The molecule has 3 nitrogen and oxygen atoms in total. The molecule has 1 aromatic heterocycles. The first-order valence-electron chi connectivity index (χ1n) is 6.95. The summed E-state index contributed by atoms with van der Waals surface area (Å²) in [5, 5.41) is 10.7. The van der Waals surface area contributed by atoms with E-state index in [1.165, 1.54) is 0 Å². The Morgan fingerprint density at radius 3 is 2.47 bits per heavy atom. The summed E-state index contributed by atoms with van der Waals surface area (Å²) in [5.41, 5.74) is 3.31. The first-order chi connectivity index (χ1) is 9.08. The molecule has 0 aliphatic heterocycles. The molecule has 0 spiro atoms. The van der Waals surface area contributed by atoms with Crippen LogP contribution in [0.5, 0.6) is 5.75 Å². The van der Waals surface area contributed by atoms with Gasteiger partial charge in [-0.2, -0.15) is 0 Å². The molecule has 3 heteroatoms. The van der Waals surface area contributed by atoms with E-state index >= 15 is 0 Å². The summed E-state index contributed by atoms with van der Waals surface area (Å²) in [6.45, 7) is 6.01. The molecule has 0 atom stereocenters. The molecule has 102 valence electrons. The minimum absolute atomic E-state index is 0.0328. The van der Waals surface area contributed by atoms with Gasteiger partial charge in [0.15, 0.2) is 5.43 Å². The van der Waals surface area contributed by atoms with E-state index in [2.05, 4.69) is 18.8 Å². The van der Waals surface area contributed by atoms with E-state index in [-0.39, 0.29) is 11.2 Å². The van der Waals surface area contributed by atoms with Gasteiger partial charge in [-0.05, 0) is 37.5 Å². The van der Waals surface area contributed by atoms with Crippen molar-refractivity contribution in [3.63, 3.8) is 0 Å². The number of aromatic hydroxyl groups is 1. The summed E-state index contributed by atoms with van der Waals surface area (Å²) < 4.78 is 0. The van der Waals surface area contributed by atoms with Gasteiger partial charge in [0, 0.05) is 16.6 Å².